The highest BCUT2D eigenvalue weighted by Crippen LogP contribution is 2.35. The van der Waals surface area contributed by atoms with E-state index in [4.69, 9.17) is 4.18 Å². The third kappa shape index (κ3) is 2.21. The molecule has 1 aromatic carbocycles. The maximum atomic E-state index is 9.85. The molecular weight excluding hydrogens is 210 g/mol. The predicted molar refractivity (Wildman–Crippen MR) is 65.3 cm³/mol. The van der Waals surface area contributed by atoms with Crippen LogP contribution in [-0.4, -0.2) is 12.2 Å². The minimum atomic E-state index is 0.387. The molecule has 0 atom stereocenters. The molecule has 0 amide bonds. The Morgan fingerprint density at radius 2 is 1.47 bits per heavy atom. The van der Waals surface area contributed by atoms with Gasteiger partial charge < -0.3 is 14.0 Å². The van der Waals surface area contributed by atoms with Crippen LogP contribution in [0.4, 0.5) is 5.69 Å². The van der Waals surface area contributed by atoms with Crippen molar-refractivity contribution in [3.8, 4) is 5.75 Å². The van der Waals surface area contributed by atoms with Gasteiger partial charge in [0.25, 0.3) is 0 Å². The lowest BCUT2D eigenvalue weighted by atomic mass is 9.98. The maximum Gasteiger partial charge on any atom is 0.122 e. The lowest BCUT2D eigenvalue weighted by Gasteiger charge is -2.17. The molecule has 0 unspecified atom stereocenters. The van der Waals surface area contributed by atoms with Gasteiger partial charge in [-0.25, -0.2) is 0 Å². The third-order valence-electron chi connectivity index (χ3n) is 2.81. The number of aromatic hydroxyl groups is 1. The van der Waals surface area contributed by atoms with Gasteiger partial charge in [-0.1, -0.05) is 0 Å². The molecule has 15 heavy (non-hydrogen) atoms. The fraction of sp³-hybridized carbons (Fsp3) is 0.455. The fourth-order valence-corrected chi connectivity index (χ4v) is 2.00. The van der Waals surface area contributed by atoms with Crippen LogP contribution in [0, 0.1) is 27.7 Å². The van der Waals surface area contributed by atoms with E-state index in [1.807, 2.05) is 27.7 Å². The summed E-state index contributed by atoms with van der Waals surface area (Å²) in [5, 5.41) is 9.85. The average Bonchev–Trinajstić information content (AvgIpc) is 2.24. The van der Waals surface area contributed by atoms with Crippen molar-refractivity contribution in [2.75, 3.05) is 11.8 Å². The van der Waals surface area contributed by atoms with Crippen molar-refractivity contribution in [2.24, 2.45) is 0 Å². The van der Waals surface area contributed by atoms with Crippen LogP contribution >= 0.6 is 12.2 Å². The van der Waals surface area contributed by atoms with Crippen LogP contribution in [0.15, 0.2) is 0 Å². The first-order valence-corrected chi connectivity index (χ1v) is 5.49. The first-order valence-electron chi connectivity index (χ1n) is 4.75. The molecule has 0 aliphatic carbocycles. The molecule has 0 radical (unpaired) electrons. The molecule has 0 aromatic heterocycles. The summed E-state index contributed by atoms with van der Waals surface area (Å²) in [5.74, 6) is 0.387. The summed E-state index contributed by atoms with van der Waals surface area (Å²) in [6.45, 7) is 7.81. The molecule has 0 spiro atoms. The Labute approximate surface area is 95.2 Å². The van der Waals surface area contributed by atoms with E-state index in [0.717, 1.165) is 27.9 Å². The van der Waals surface area contributed by atoms with E-state index in [2.05, 4.69) is 4.72 Å². The minimum absolute atomic E-state index is 0.387. The highest BCUT2D eigenvalue weighted by molar-refractivity contribution is 7.96. The second-order valence-corrected chi connectivity index (χ2v) is 4.28. The minimum Gasteiger partial charge on any atom is -0.507 e. The zero-order chi connectivity index (χ0) is 11.6. The van der Waals surface area contributed by atoms with E-state index < -0.39 is 0 Å². The summed E-state index contributed by atoms with van der Waals surface area (Å²) in [7, 11) is 1.61. The largest absolute Gasteiger partial charge is 0.507 e. The van der Waals surface area contributed by atoms with Crippen molar-refractivity contribution in [1.82, 2.24) is 0 Å². The van der Waals surface area contributed by atoms with Crippen LogP contribution in [0.25, 0.3) is 0 Å². The summed E-state index contributed by atoms with van der Waals surface area (Å²) in [6, 6.07) is 0. The summed E-state index contributed by atoms with van der Waals surface area (Å²) < 4.78 is 8.03. The van der Waals surface area contributed by atoms with Crippen LogP contribution in [-0.2, 0) is 4.18 Å². The number of hydrogen-bond acceptors (Lipinski definition) is 4. The Kier molecular flexibility index (Phi) is 3.88. The second kappa shape index (κ2) is 4.77. The molecule has 84 valence electrons. The first-order chi connectivity index (χ1) is 7.00. The van der Waals surface area contributed by atoms with Gasteiger partial charge in [-0.2, -0.15) is 0 Å². The summed E-state index contributed by atoms with van der Waals surface area (Å²) in [6.07, 6.45) is 0. The van der Waals surface area contributed by atoms with Crippen LogP contribution in [0.3, 0.4) is 0 Å². The number of rotatable bonds is 3. The Hall–Kier alpha value is -0.870. The molecule has 0 saturated heterocycles. The molecule has 3 nitrogen and oxygen atoms in total. The Bertz CT molecular complexity index is 348. The number of phenolic OH excluding ortho intramolecular Hbond substituents is 1. The first kappa shape index (κ1) is 12.2. The number of phenols is 1. The third-order valence-corrected chi connectivity index (χ3v) is 3.27. The van der Waals surface area contributed by atoms with Gasteiger partial charge in [0, 0.05) is 0 Å². The van der Waals surface area contributed by atoms with E-state index in [1.54, 1.807) is 7.11 Å². The van der Waals surface area contributed by atoms with Crippen LogP contribution in [0.1, 0.15) is 22.3 Å². The van der Waals surface area contributed by atoms with Gasteiger partial charge in [-0.3, -0.25) is 0 Å². The van der Waals surface area contributed by atoms with E-state index in [-0.39, 0.29) is 0 Å². The molecule has 0 saturated carbocycles. The van der Waals surface area contributed by atoms with Crippen molar-refractivity contribution in [3.05, 3.63) is 22.3 Å². The Balaban J connectivity index is 3.26. The molecule has 0 fully saturated rings. The highest BCUT2D eigenvalue weighted by Gasteiger charge is 2.13. The van der Waals surface area contributed by atoms with Crippen molar-refractivity contribution in [1.29, 1.82) is 0 Å². The highest BCUT2D eigenvalue weighted by atomic mass is 32.2. The zero-order valence-corrected chi connectivity index (χ0v) is 10.6. The number of nitrogens with one attached hydrogen (secondary N) is 1. The topological polar surface area (TPSA) is 41.5 Å². The van der Waals surface area contributed by atoms with Gasteiger partial charge in [0.1, 0.15) is 18.0 Å². The molecule has 1 aromatic rings. The zero-order valence-electron chi connectivity index (χ0n) is 9.76. The summed E-state index contributed by atoms with van der Waals surface area (Å²) >= 11 is 1.18. The smallest absolute Gasteiger partial charge is 0.122 e. The number of hydrogen-bond donors (Lipinski definition) is 2. The standard InChI is InChI=1S/C11H17NO2S/c1-6-8(3)11(13)9(4)7(2)10(6)12-15-14-5/h12-13H,1-5H3. The maximum absolute atomic E-state index is 9.85. The molecule has 0 aliphatic heterocycles. The fourth-order valence-electron chi connectivity index (χ4n) is 1.53. The summed E-state index contributed by atoms with van der Waals surface area (Å²) in [4.78, 5) is 0. The van der Waals surface area contributed by atoms with Gasteiger partial charge in [0.15, 0.2) is 0 Å². The molecule has 0 aliphatic rings. The van der Waals surface area contributed by atoms with E-state index in [9.17, 15) is 5.11 Å². The van der Waals surface area contributed by atoms with Crippen LogP contribution in [0.2, 0.25) is 0 Å². The van der Waals surface area contributed by atoms with Crippen LogP contribution in [0.5, 0.6) is 5.75 Å². The molecule has 1 rings (SSSR count). The lowest BCUT2D eigenvalue weighted by Crippen LogP contribution is -1.99. The predicted octanol–water partition coefficient (Wildman–Crippen LogP) is 3.25. The van der Waals surface area contributed by atoms with Crippen molar-refractivity contribution in [2.45, 2.75) is 27.7 Å². The molecule has 2 N–H and O–H groups in total. The quantitative estimate of drug-likeness (QED) is 0.472. The monoisotopic (exact) mass is 227 g/mol. The molecule has 0 bridgehead atoms. The van der Waals surface area contributed by atoms with Crippen molar-refractivity contribution >= 4 is 17.9 Å². The average molecular weight is 227 g/mol. The van der Waals surface area contributed by atoms with Gasteiger partial charge in [-0.15, -0.1) is 0 Å². The molecule has 0 heterocycles. The number of benzene rings is 1. The van der Waals surface area contributed by atoms with Crippen LogP contribution < -0.4 is 4.72 Å². The second-order valence-electron chi connectivity index (χ2n) is 3.58. The van der Waals surface area contributed by atoms with E-state index >= 15 is 0 Å². The SMILES string of the molecule is COSNc1c(C)c(C)c(O)c(C)c1C. The van der Waals surface area contributed by atoms with E-state index in [0.29, 0.717) is 5.75 Å². The van der Waals surface area contributed by atoms with Gasteiger partial charge >= 0.3 is 0 Å². The Morgan fingerprint density at radius 1 is 1.00 bits per heavy atom. The molecule has 4 heteroatoms. The normalized spacial score (nSPS) is 10.5. The van der Waals surface area contributed by atoms with Crippen molar-refractivity contribution < 1.29 is 9.29 Å². The summed E-state index contributed by atoms with van der Waals surface area (Å²) in [5.41, 5.74) is 4.96. The Morgan fingerprint density at radius 3 is 1.87 bits per heavy atom. The molecular formula is C11H17NO2S. The van der Waals surface area contributed by atoms with Gasteiger partial charge in [0.05, 0.1) is 12.8 Å². The number of anilines is 1. The van der Waals surface area contributed by atoms with E-state index in [1.165, 1.54) is 12.2 Å². The van der Waals surface area contributed by atoms with Crippen molar-refractivity contribution in [3.63, 3.8) is 0 Å². The lowest BCUT2D eigenvalue weighted by molar-refractivity contribution is 0.466. The van der Waals surface area contributed by atoms with Gasteiger partial charge in [0.2, 0.25) is 0 Å². The van der Waals surface area contributed by atoms with Gasteiger partial charge in [-0.05, 0) is 49.9 Å².